The summed E-state index contributed by atoms with van der Waals surface area (Å²) in [7, 11) is 0. The molecule has 0 aromatic heterocycles. The maximum Gasteiger partial charge on any atom is 0.309 e. The maximum atomic E-state index is 12.7. The summed E-state index contributed by atoms with van der Waals surface area (Å²) in [6.45, 7) is 3.48. The smallest absolute Gasteiger partial charge is 0.309 e. The van der Waals surface area contributed by atoms with Gasteiger partial charge in [-0.2, -0.15) is 0 Å². The van der Waals surface area contributed by atoms with Gasteiger partial charge in [-0.3, -0.25) is 14.4 Å². The highest BCUT2D eigenvalue weighted by Crippen LogP contribution is 2.19. The number of esters is 1. The van der Waals surface area contributed by atoms with Crippen LogP contribution in [0.5, 0.6) is 0 Å². The van der Waals surface area contributed by atoms with E-state index in [1.807, 2.05) is 42.5 Å². The zero-order valence-electron chi connectivity index (χ0n) is 18.4. The number of ether oxygens (including phenoxy) is 1. The molecule has 7 heteroatoms. The highest BCUT2D eigenvalue weighted by Gasteiger charge is 2.25. The van der Waals surface area contributed by atoms with Crippen LogP contribution in [0.4, 0.5) is 0 Å². The van der Waals surface area contributed by atoms with Crippen LogP contribution in [-0.4, -0.2) is 48.2 Å². The number of hydrogen-bond donors (Lipinski definition) is 3. The number of carbonyl (C=O) groups is 3. The van der Waals surface area contributed by atoms with Crippen LogP contribution in [0, 0.1) is 11.8 Å². The first-order valence-corrected chi connectivity index (χ1v) is 11.0. The molecule has 0 aliphatic carbocycles. The molecule has 170 valence electrons. The zero-order valence-corrected chi connectivity index (χ0v) is 18.4. The van der Waals surface area contributed by atoms with Gasteiger partial charge in [0.2, 0.25) is 11.8 Å². The summed E-state index contributed by atoms with van der Waals surface area (Å²) in [6, 6.07) is 9.50. The molecule has 0 fully saturated rings. The van der Waals surface area contributed by atoms with E-state index >= 15 is 0 Å². The summed E-state index contributed by atoms with van der Waals surface area (Å²) in [5.41, 5.74) is 1.09. The molecule has 0 unspecified atom stereocenters. The summed E-state index contributed by atoms with van der Waals surface area (Å²) < 4.78 is 5.60. The number of hydrogen-bond acceptors (Lipinski definition) is 5. The van der Waals surface area contributed by atoms with Gasteiger partial charge in [-0.1, -0.05) is 42.5 Å². The van der Waals surface area contributed by atoms with Crippen molar-refractivity contribution in [1.82, 2.24) is 10.6 Å². The minimum absolute atomic E-state index is 0.0330. The quantitative estimate of drug-likeness (QED) is 0.474. The predicted octanol–water partition coefficient (Wildman–Crippen LogP) is 2.14. The Morgan fingerprint density at radius 2 is 1.97 bits per heavy atom. The number of aliphatic hydroxyl groups excluding tert-OH is 1. The number of aliphatic hydroxyl groups is 1. The van der Waals surface area contributed by atoms with Gasteiger partial charge in [0.15, 0.2) is 0 Å². The van der Waals surface area contributed by atoms with Crippen molar-refractivity contribution in [1.29, 1.82) is 0 Å². The van der Waals surface area contributed by atoms with E-state index in [1.165, 1.54) is 0 Å². The fourth-order valence-electron chi connectivity index (χ4n) is 3.49. The van der Waals surface area contributed by atoms with Crippen LogP contribution in [0.3, 0.4) is 0 Å². The highest BCUT2D eigenvalue weighted by atomic mass is 16.5. The Kier molecular flexibility index (Phi) is 10.2. The summed E-state index contributed by atoms with van der Waals surface area (Å²) in [5, 5.41) is 14.6. The molecule has 2 amide bonds. The normalized spacial score (nSPS) is 24.0. The lowest BCUT2D eigenvalue weighted by Gasteiger charge is -2.21. The van der Waals surface area contributed by atoms with E-state index in [9.17, 15) is 14.4 Å². The third-order valence-corrected chi connectivity index (χ3v) is 5.29. The van der Waals surface area contributed by atoms with E-state index in [4.69, 9.17) is 9.84 Å². The van der Waals surface area contributed by atoms with E-state index in [2.05, 4.69) is 10.6 Å². The van der Waals surface area contributed by atoms with E-state index in [0.29, 0.717) is 25.7 Å². The number of cyclic esters (lactones) is 1. The predicted molar refractivity (Wildman–Crippen MR) is 118 cm³/mol. The topological polar surface area (TPSA) is 105 Å². The lowest BCUT2D eigenvalue weighted by atomic mass is 9.94. The van der Waals surface area contributed by atoms with Gasteiger partial charge in [0.05, 0.1) is 25.0 Å². The third kappa shape index (κ3) is 8.92. The Labute approximate surface area is 184 Å². The maximum absolute atomic E-state index is 12.7. The average Bonchev–Trinajstić information content (AvgIpc) is 2.76. The van der Waals surface area contributed by atoms with E-state index in [0.717, 1.165) is 5.56 Å². The molecule has 0 radical (unpaired) electrons. The summed E-state index contributed by atoms with van der Waals surface area (Å²) in [5.74, 6) is -1.56. The van der Waals surface area contributed by atoms with Crippen LogP contribution < -0.4 is 10.6 Å². The molecule has 1 aliphatic heterocycles. The minimum Gasteiger partial charge on any atom is -0.461 e. The van der Waals surface area contributed by atoms with Crippen LogP contribution in [0.15, 0.2) is 42.5 Å². The fourth-order valence-corrected chi connectivity index (χ4v) is 3.49. The zero-order chi connectivity index (χ0) is 22.6. The van der Waals surface area contributed by atoms with Crippen molar-refractivity contribution in [2.45, 2.75) is 58.1 Å². The molecule has 1 aromatic carbocycles. The average molecular weight is 431 g/mol. The van der Waals surface area contributed by atoms with Gasteiger partial charge in [-0.25, -0.2) is 0 Å². The van der Waals surface area contributed by atoms with Gasteiger partial charge >= 0.3 is 5.97 Å². The van der Waals surface area contributed by atoms with Crippen LogP contribution in [-0.2, 0) is 25.5 Å². The number of carbonyl (C=O) groups excluding carboxylic acids is 3. The molecule has 1 aromatic rings. The van der Waals surface area contributed by atoms with Crippen LogP contribution in [0.2, 0.25) is 0 Å². The van der Waals surface area contributed by atoms with Crippen molar-refractivity contribution in [3.8, 4) is 0 Å². The Hall–Kier alpha value is -2.67. The van der Waals surface area contributed by atoms with Gasteiger partial charge in [-0.15, -0.1) is 0 Å². The SMILES string of the molecule is C[C@@H](CO)NC(=O)C[C@H]1CC=CCC[C@H](Cc2ccccc2)C(=O)O[C@@H](C)CNC1=O. The second-order valence-corrected chi connectivity index (χ2v) is 8.22. The van der Waals surface area contributed by atoms with Crippen LogP contribution in [0.1, 0.15) is 45.1 Å². The van der Waals surface area contributed by atoms with Crippen molar-refractivity contribution in [3.63, 3.8) is 0 Å². The minimum atomic E-state index is -0.522. The Bertz CT molecular complexity index is 750. The molecule has 1 heterocycles. The van der Waals surface area contributed by atoms with E-state index < -0.39 is 12.0 Å². The second-order valence-electron chi connectivity index (χ2n) is 8.22. The molecule has 7 nitrogen and oxygen atoms in total. The molecule has 4 atom stereocenters. The molecule has 31 heavy (non-hydrogen) atoms. The number of rotatable bonds is 6. The highest BCUT2D eigenvalue weighted by molar-refractivity contribution is 5.86. The van der Waals surface area contributed by atoms with Gasteiger partial charge in [0.25, 0.3) is 0 Å². The molecule has 0 saturated carbocycles. The molecular formula is C24H34N2O5. The molecule has 3 N–H and O–H groups in total. The summed E-state index contributed by atoms with van der Waals surface area (Å²) in [6.07, 6.45) is 5.80. The number of amides is 2. The molecule has 2 rings (SSSR count). The summed E-state index contributed by atoms with van der Waals surface area (Å²) in [4.78, 5) is 37.5. The van der Waals surface area contributed by atoms with Crippen molar-refractivity contribution >= 4 is 17.8 Å². The fraction of sp³-hybridized carbons (Fsp3) is 0.542. The first-order chi connectivity index (χ1) is 14.9. The van der Waals surface area contributed by atoms with Crippen molar-refractivity contribution in [3.05, 3.63) is 48.0 Å². The lowest BCUT2D eigenvalue weighted by molar-refractivity contribution is -0.153. The van der Waals surface area contributed by atoms with Crippen LogP contribution >= 0.6 is 0 Å². The lowest BCUT2D eigenvalue weighted by Crippen LogP contribution is -2.41. The van der Waals surface area contributed by atoms with Gasteiger partial charge in [0.1, 0.15) is 6.10 Å². The largest absolute Gasteiger partial charge is 0.461 e. The molecular weight excluding hydrogens is 396 g/mol. The molecule has 0 spiro atoms. The Balaban J connectivity index is 2.04. The van der Waals surface area contributed by atoms with E-state index in [-0.39, 0.29) is 49.3 Å². The van der Waals surface area contributed by atoms with Gasteiger partial charge in [-0.05, 0) is 45.1 Å². The molecule has 1 aliphatic rings. The van der Waals surface area contributed by atoms with Gasteiger partial charge < -0.3 is 20.5 Å². The van der Waals surface area contributed by atoms with Crippen LogP contribution in [0.25, 0.3) is 0 Å². The van der Waals surface area contributed by atoms with Crippen molar-refractivity contribution < 1.29 is 24.2 Å². The first kappa shape index (κ1) is 24.6. The standard InChI is InChI=1S/C24H34N2O5/c1-17(16-27)26-22(28)14-20-11-7-4-8-12-21(13-19-9-5-3-6-10-19)24(30)31-18(2)15-25-23(20)29/h3-7,9-10,17-18,20-21,27H,8,11-16H2,1-2H3,(H,25,29)(H,26,28)/t17-,18-,20+,21+/m0/s1. The number of benzene rings is 1. The van der Waals surface area contributed by atoms with Gasteiger partial charge in [0, 0.05) is 12.5 Å². The Morgan fingerprint density at radius 1 is 1.23 bits per heavy atom. The number of allylic oxidation sites excluding steroid dienone is 2. The number of nitrogens with one attached hydrogen (secondary N) is 2. The molecule has 0 bridgehead atoms. The first-order valence-electron chi connectivity index (χ1n) is 11.0. The van der Waals surface area contributed by atoms with Crippen molar-refractivity contribution in [2.24, 2.45) is 11.8 Å². The van der Waals surface area contributed by atoms with E-state index in [1.54, 1.807) is 13.8 Å². The monoisotopic (exact) mass is 430 g/mol. The molecule has 0 saturated heterocycles. The second kappa shape index (κ2) is 12.9. The third-order valence-electron chi connectivity index (χ3n) is 5.29. The summed E-state index contributed by atoms with van der Waals surface area (Å²) >= 11 is 0. The van der Waals surface area contributed by atoms with Crippen molar-refractivity contribution in [2.75, 3.05) is 13.2 Å². The Morgan fingerprint density at radius 3 is 2.68 bits per heavy atom.